The lowest BCUT2D eigenvalue weighted by molar-refractivity contribution is 0.312. The summed E-state index contributed by atoms with van der Waals surface area (Å²) >= 11 is 3.48. The minimum atomic E-state index is 0.135. The summed E-state index contributed by atoms with van der Waals surface area (Å²) in [4.78, 5) is 0. The van der Waals surface area contributed by atoms with Crippen molar-refractivity contribution in [3.63, 3.8) is 0 Å². The van der Waals surface area contributed by atoms with Gasteiger partial charge < -0.3 is 10.1 Å². The summed E-state index contributed by atoms with van der Waals surface area (Å²) in [7, 11) is 1.98. The van der Waals surface area contributed by atoms with Gasteiger partial charge in [-0.15, -0.1) is 0 Å². The molecule has 2 aromatic rings. The number of hydrogen-bond donors (Lipinski definition) is 1. The third-order valence-electron chi connectivity index (χ3n) is 3.18. The van der Waals surface area contributed by atoms with Crippen molar-refractivity contribution < 1.29 is 4.74 Å². The summed E-state index contributed by atoms with van der Waals surface area (Å²) in [5, 5.41) is 3.38. The van der Waals surface area contributed by atoms with E-state index in [9.17, 15) is 0 Å². The highest BCUT2D eigenvalue weighted by atomic mass is 79.9. The van der Waals surface area contributed by atoms with Gasteiger partial charge in [0.2, 0.25) is 0 Å². The van der Waals surface area contributed by atoms with Crippen molar-refractivity contribution in [3.05, 3.63) is 64.1 Å². The van der Waals surface area contributed by atoms with Crippen LogP contribution >= 0.6 is 15.9 Å². The second kappa shape index (κ2) is 7.46. The van der Waals surface area contributed by atoms with Crippen LogP contribution in [0.1, 0.15) is 30.5 Å². The van der Waals surface area contributed by atoms with E-state index in [1.54, 1.807) is 0 Å². The second-order valence-electron chi connectivity index (χ2n) is 4.66. The maximum absolute atomic E-state index is 5.87. The molecule has 3 heteroatoms. The van der Waals surface area contributed by atoms with Crippen LogP contribution in [0.25, 0.3) is 0 Å². The van der Waals surface area contributed by atoms with Crippen LogP contribution in [0.15, 0.2) is 53.0 Å². The predicted octanol–water partition coefficient (Wildman–Crippen LogP) is 4.55. The average molecular weight is 334 g/mol. The van der Waals surface area contributed by atoms with Gasteiger partial charge in [0.05, 0.1) is 12.6 Å². The quantitative estimate of drug-likeness (QED) is 0.837. The summed E-state index contributed by atoms with van der Waals surface area (Å²) in [6, 6.07) is 16.7. The van der Waals surface area contributed by atoms with E-state index in [0.717, 1.165) is 23.2 Å². The summed E-state index contributed by atoms with van der Waals surface area (Å²) in [6.07, 6.45) is 1.01. The third-order valence-corrected chi connectivity index (χ3v) is 3.71. The molecule has 0 aliphatic rings. The van der Waals surface area contributed by atoms with Crippen molar-refractivity contribution >= 4 is 15.9 Å². The van der Waals surface area contributed by atoms with Crippen molar-refractivity contribution in [2.45, 2.75) is 19.4 Å². The zero-order valence-electron chi connectivity index (χ0n) is 11.9. The van der Waals surface area contributed by atoms with E-state index in [-0.39, 0.29) is 6.04 Å². The van der Waals surface area contributed by atoms with Crippen LogP contribution in [-0.4, -0.2) is 13.7 Å². The van der Waals surface area contributed by atoms with Crippen LogP contribution < -0.4 is 10.1 Å². The molecular weight excluding hydrogens is 314 g/mol. The molecule has 0 spiro atoms. The Morgan fingerprint density at radius 3 is 2.45 bits per heavy atom. The van der Waals surface area contributed by atoms with Gasteiger partial charge in [0, 0.05) is 10.0 Å². The first-order valence-corrected chi connectivity index (χ1v) is 7.70. The first kappa shape index (κ1) is 15.1. The van der Waals surface area contributed by atoms with E-state index in [0.29, 0.717) is 0 Å². The van der Waals surface area contributed by atoms with E-state index in [2.05, 4.69) is 64.6 Å². The van der Waals surface area contributed by atoms with Crippen LogP contribution in [0.3, 0.4) is 0 Å². The molecule has 0 saturated carbocycles. The molecule has 2 nitrogen and oxygen atoms in total. The smallest absolute Gasteiger partial charge is 0.124 e. The molecular formula is C17H20BrNO. The Hall–Kier alpha value is -1.32. The number of ether oxygens (including phenoxy) is 1. The lowest BCUT2D eigenvalue weighted by Crippen LogP contribution is -2.18. The van der Waals surface area contributed by atoms with Crippen LogP contribution in [-0.2, 0) is 0 Å². The molecule has 0 aliphatic carbocycles. The SMILES string of the molecule is CCCOc1ccccc1C(NC)c1ccc(Br)cc1. The van der Waals surface area contributed by atoms with Crippen LogP contribution in [0, 0.1) is 0 Å². The minimum Gasteiger partial charge on any atom is -0.493 e. The molecule has 0 radical (unpaired) electrons. The van der Waals surface area contributed by atoms with E-state index in [4.69, 9.17) is 4.74 Å². The summed E-state index contributed by atoms with van der Waals surface area (Å²) < 4.78 is 6.95. The molecule has 106 valence electrons. The molecule has 2 rings (SSSR count). The van der Waals surface area contributed by atoms with Gasteiger partial charge in [-0.1, -0.05) is 53.2 Å². The van der Waals surface area contributed by atoms with Crippen LogP contribution in [0.4, 0.5) is 0 Å². The average Bonchev–Trinajstić information content (AvgIpc) is 2.49. The van der Waals surface area contributed by atoms with Gasteiger partial charge in [0.25, 0.3) is 0 Å². The molecule has 0 aromatic heterocycles. The van der Waals surface area contributed by atoms with Gasteiger partial charge in [0.1, 0.15) is 5.75 Å². The Morgan fingerprint density at radius 2 is 1.80 bits per heavy atom. The highest BCUT2D eigenvalue weighted by Gasteiger charge is 2.16. The number of rotatable bonds is 6. The van der Waals surface area contributed by atoms with Crippen molar-refractivity contribution in [2.24, 2.45) is 0 Å². The normalized spacial score (nSPS) is 12.2. The van der Waals surface area contributed by atoms with Gasteiger partial charge in [0.15, 0.2) is 0 Å². The fraction of sp³-hybridized carbons (Fsp3) is 0.294. The fourth-order valence-corrected chi connectivity index (χ4v) is 2.48. The van der Waals surface area contributed by atoms with Gasteiger partial charge in [-0.05, 0) is 37.2 Å². The van der Waals surface area contributed by atoms with Crippen molar-refractivity contribution in [2.75, 3.05) is 13.7 Å². The number of hydrogen-bond acceptors (Lipinski definition) is 2. The fourth-order valence-electron chi connectivity index (χ4n) is 2.22. The molecule has 1 N–H and O–H groups in total. The molecule has 0 aliphatic heterocycles. The van der Waals surface area contributed by atoms with E-state index < -0.39 is 0 Å². The number of benzene rings is 2. The Labute approximate surface area is 129 Å². The predicted molar refractivity (Wildman–Crippen MR) is 87.3 cm³/mol. The molecule has 0 bridgehead atoms. The Morgan fingerprint density at radius 1 is 1.10 bits per heavy atom. The van der Waals surface area contributed by atoms with Crippen molar-refractivity contribution in [1.82, 2.24) is 5.32 Å². The van der Waals surface area contributed by atoms with E-state index in [1.165, 1.54) is 11.1 Å². The van der Waals surface area contributed by atoms with E-state index in [1.807, 2.05) is 19.2 Å². The van der Waals surface area contributed by atoms with Gasteiger partial charge in [-0.3, -0.25) is 0 Å². The van der Waals surface area contributed by atoms with Crippen molar-refractivity contribution in [1.29, 1.82) is 0 Å². The number of halogens is 1. The van der Waals surface area contributed by atoms with Gasteiger partial charge in [-0.25, -0.2) is 0 Å². The topological polar surface area (TPSA) is 21.3 Å². The molecule has 1 unspecified atom stereocenters. The zero-order valence-corrected chi connectivity index (χ0v) is 13.5. The summed E-state index contributed by atoms with van der Waals surface area (Å²) in [6.45, 7) is 2.86. The lowest BCUT2D eigenvalue weighted by atomic mass is 9.98. The molecule has 1 atom stereocenters. The zero-order chi connectivity index (χ0) is 14.4. The number of para-hydroxylation sites is 1. The standard InChI is InChI=1S/C17H20BrNO/c1-3-12-20-16-7-5-4-6-15(16)17(19-2)13-8-10-14(18)11-9-13/h4-11,17,19H,3,12H2,1-2H3. The first-order valence-electron chi connectivity index (χ1n) is 6.90. The second-order valence-corrected chi connectivity index (χ2v) is 5.58. The number of nitrogens with one attached hydrogen (secondary N) is 1. The minimum absolute atomic E-state index is 0.135. The Kier molecular flexibility index (Phi) is 5.62. The molecule has 20 heavy (non-hydrogen) atoms. The van der Waals surface area contributed by atoms with Crippen molar-refractivity contribution in [3.8, 4) is 5.75 Å². The van der Waals surface area contributed by atoms with Gasteiger partial charge in [-0.2, -0.15) is 0 Å². The Bertz CT molecular complexity index is 539. The highest BCUT2D eigenvalue weighted by Crippen LogP contribution is 2.30. The van der Waals surface area contributed by atoms with Crippen LogP contribution in [0.5, 0.6) is 5.75 Å². The molecule has 0 heterocycles. The molecule has 0 saturated heterocycles. The Balaban J connectivity index is 2.33. The monoisotopic (exact) mass is 333 g/mol. The van der Waals surface area contributed by atoms with Crippen LogP contribution in [0.2, 0.25) is 0 Å². The highest BCUT2D eigenvalue weighted by molar-refractivity contribution is 9.10. The maximum Gasteiger partial charge on any atom is 0.124 e. The van der Waals surface area contributed by atoms with E-state index >= 15 is 0 Å². The molecule has 0 fully saturated rings. The summed E-state index contributed by atoms with van der Waals surface area (Å²) in [5.74, 6) is 0.955. The summed E-state index contributed by atoms with van der Waals surface area (Å²) in [5.41, 5.74) is 2.40. The molecule has 2 aromatic carbocycles. The van der Waals surface area contributed by atoms with Gasteiger partial charge >= 0.3 is 0 Å². The lowest BCUT2D eigenvalue weighted by Gasteiger charge is -2.20. The maximum atomic E-state index is 5.87. The largest absolute Gasteiger partial charge is 0.493 e. The first-order chi connectivity index (χ1) is 9.76. The molecule has 0 amide bonds. The third kappa shape index (κ3) is 3.62.